The Morgan fingerprint density at radius 1 is 1.16 bits per heavy atom. The van der Waals surface area contributed by atoms with Crippen LogP contribution in [0.25, 0.3) is 0 Å². The van der Waals surface area contributed by atoms with Crippen molar-refractivity contribution in [3.63, 3.8) is 0 Å². The summed E-state index contributed by atoms with van der Waals surface area (Å²) in [6, 6.07) is 5.63. The molecule has 8 nitrogen and oxygen atoms in total. The molecule has 3 N–H and O–H groups in total. The molecule has 2 bridgehead atoms. The number of guanidine groups is 1. The summed E-state index contributed by atoms with van der Waals surface area (Å²) in [7, 11) is 0. The molecule has 0 aromatic heterocycles. The summed E-state index contributed by atoms with van der Waals surface area (Å²) in [5, 5.41) is 8.67. The molecule has 1 saturated heterocycles. The summed E-state index contributed by atoms with van der Waals surface area (Å²) in [4.78, 5) is 43.1. The maximum Gasteiger partial charge on any atom is 0.246 e. The summed E-state index contributed by atoms with van der Waals surface area (Å²) in [6.07, 6.45) is 5.06. The molecule has 1 saturated carbocycles. The number of fused-ring (bicyclic) bond motifs is 5. The van der Waals surface area contributed by atoms with Crippen LogP contribution >= 0.6 is 24.0 Å². The van der Waals surface area contributed by atoms with Crippen LogP contribution in [0.5, 0.6) is 0 Å². The number of likely N-dealkylation sites (tertiary alicyclic amines) is 1. The summed E-state index contributed by atoms with van der Waals surface area (Å²) < 4.78 is 13.2. The Morgan fingerprint density at radius 3 is 2.47 bits per heavy atom. The van der Waals surface area contributed by atoms with Gasteiger partial charge in [0, 0.05) is 25.3 Å². The van der Waals surface area contributed by atoms with Crippen molar-refractivity contribution in [2.45, 2.75) is 13.3 Å². The Balaban J connectivity index is 0.00000289. The standard InChI is InChI=1S/C22H26FN5O3.HI/c1-2-24-22(26-12-17(29)27-16-5-3-4-15(23)11-16)25-8-9-28-20(30)18-13-6-7-14(10-13)19(18)21(28)31;/h3-7,11,13-14,18-19H,2,8-10,12H2,1H3,(H,27,29)(H2,24,25,26);1H. The average molecular weight is 555 g/mol. The molecule has 10 heteroatoms. The Bertz CT molecular complexity index is 923. The van der Waals surface area contributed by atoms with E-state index in [0.717, 1.165) is 6.42 Å². The summed E-state index contributed by atoms with van der Waals surface area (Å²) in [5.41, 5.74) is 0.359. The number of anilines is 1. The molecule has 4 unspecified atom stereocenters. The Labute approximate surface area is 203 Å². The number of amides is 3. The highest BCUT2D eigenvalue weighted by molar-refractivity contribution is 14.0. The third-order valence-electron chi connectivity index (χ3n) is 6.02. The van der Waals surface area contributed by atoms with Crippen molar-refractivity contribution in [3.05, 3.63) is 42.2 Å². The number of halogens is 2. The molecule has 2 aliphatic carbocycles. The minimum Gasteiger partial charge on any atom is -0.357 e. The number of imide groups is 1. The molecular weight excluding hydrogens is 528 g/mol. The lowest BCUT2D eigenvalue weighted by Gasteiger charge is -2.18. The molecule has 2 fully saturated rings. The van der Waals surface area contributed by atoms with Crippen LogP contribution in [0.15, 0.2) is 41.4 Å². The quantitative estimate of drug-likeness (QED) is 0.157. The summed E-state index contributed by atoms with van der Waals surface area (Å²) in [5.74, 6) is -0.585. The second kappa shape index (κ2) is 10.4. The Kier molecular flexibility index (Phi) is 7.86. The molecule has 1 aromatic carbocycles. The van der Waals surface area contributed by atoms with Crippen LogP contribution < -0.4 is 16.0 Å². The number of hydrogen-bond acceptors (Lipinski definition) is 4. The van der Waals surface area contributed by atoms with E-state index in [-0.39, 0.29) is 78.5 Å². The van der Waals surface area contributed by atoms with E-state index in [2.05, 4.69) is 33.1 Å². The van der Waals surface area contributed by atoms with Gasteiger partial charge in [-0.3, -0.25) is 19.3 Å². The first kappa shape index (κ1) is 24.1. The smallest absolute Gasteiger partial charge is 0.246 e. The molecule has 1 aromatic rings. The average Bonchev–Trinajstić information content (AvgIpc) is 3.41. The van der Waals surface area contributed by atoms with Gasteiger partial charge in [0.1, 0.15) is 12.4 Å². The van der Waals surface area contributed by atoms with Gasteiger partial charge in [-0.2, -0.15) is 0 Å². The predicted octanol–water partition coefficient (Wildman–Crippen LogP) is 1.74. The number of rotatable bonds is 7. The minimum absolute atomic E-state index is 0. The predicted molar refractivity (Wildman–Crippen MR) is 129 cm³/mol. The van der Waals surface area contributed by atoms with Crippen LogP contribution in [0.3, 0.4) is 0 Å². The van der Waals surface area contributed by atoms with Gasteiger partial charge in [-0.15, -0.1) is 24.0 Å². The normalized spacial score (nSPS) is 25.6. The first-order valence-electron chi connectivity index (χ1n) is 10.6. The fourth-order valence-electron chi connectivity index (χ4n) is 4.73. The maximum absolute atomic E-state index is 13.2. The number of carbonyl (C=O) groups is 3. The number of allylic oxidation sites excluding steroid dienone is 2. The van der Waals surface area contributed by atoms with Gasteiger partial charge in [0.05, 0.1) is 11.8 Å². The van der Waals surface area contributed by atoms with Gasteiger partial charge in [0.25, 0.3) is 0 Å². The van der Waals surface area contributed by atoms with Gasteiger partial charge in [-0.1, -0.05) is 18.2 Å². The van der Waals surface area contributed by atoms with Gasteiger partial charge >= 0.3 is 0 Å². The molecule has 0 spiro atoms. The largest absolute Gasteiger partial charge is 0.357 e. The molecule has 172 valence electrons. The highest BCUT2D eigenvalue weighted by atomic mass is 127. The number of benzene rings is 1. The first-order valence-corrected chi connectivity index (χ1v) is 10.6. The van der Waals surface area contributed by atoms with Crippen molar-refractivity contribution >= 4 is 53.3 Å². The van der Waals surface area contributed by atoms with E-state index in [1.807, 2.05) is 6.92 Å². The van der Waals surface area contributed by atoms with E-state index >= 15 is 0 Å². The minimum atomic E-state index is -0.435. The third kappa shape index (κ3) is 4.94. The Morgan fingerprint density at radius 2 is 1.84 bits per heavy atom. The molecule has 4 rings (SSSR count). The lowest BCUT2D eigenvalue weighted by Crippen LogP contribution is -2.44. The number of nitrogens with one attached hydrogen (secondary N) is 3. The SMILES string of the molecule is CCNC(=NCC(=O)Nc1cccc(F)c1)NCCN1C(=O)C2C3C=CC(C3)C2C1=O.I. The van der Waals surface area contributed by atoms with Crippen molar-refractivity contribution in [1.29, 1.82) is 0 Å². The van der Waals surface area contributed by atoms with Gasteiger partial charge < -0.3 is 16.0 Å². The van der Waals surface area contributed by atoms with Crippen LogP contribution in [0.2, 0.25) is 0 Å². The molecule has 1 aliphatic heterocycles. The fourth-order valence-corrected chi connectivity index (χ4v) is 4.73. The first-order chi connectivity index (χ1) is 15.0. The third-order valence-corrected chi connectivity index (χ3v) is 6.02. The lowest BCUT2D eigenvalue weighted by molar-refractivity contribution is -0.140. The summed E-state index contributed by atoms with van der Waals surface area (Å²) in [6.45, 7) is 2.90. The zero-order chi connectivity index (χ0) is 22.0. The molecular formula is C22H27FIN5O3. The highest BCUT2D eigenvalue weighted by Crippen LogP contribution is 2.52. The fraction of sp³-hybridized carbons (Fsp3) is 0.455. The van der Waals surface area contributed by atoms with Crippen molar-refractivity contribution in [2.75, 3.05) is 31.5 Å². The second-order valence-electron chi connectivity index (χ2n) is 8.01. The summed E-state index contributed by atoms with van der Waals surface area (Å²) >= 11 is 0. The van der Waals surface area contributed by atoms with Crippen LogP contribution in [-0.2, 0) is 14.4 Å². The zero-order valence-electron chi connectivity index (χ0n) is 17.7. The highest BCUT2D eigenvalue weighted by Gasteiger charge is 2.58. The number of aliphatic imine (C=N–C) groups is 1. The molecule has 32 heavy (non-hydrogen) atoms. The molecule has 1 heterocycles. The van der Waals surface area contributed by atoms with E-state index in [0.29, 0.717) is 24.7 Å². The van der Waals surface area contributed by atoms with Gasteiger partial charge in [0.2, 0.25) is 17.7 Å². The molecule has 3 amide bonds. The van der Waals surface area contributed by atoms with Crippen LogP contribution in [0, 0.1) is 29.5 Å². The van der Waals surface area contributed by atoms with Gasteiger partial charge in [-0.25, -0.2) is 9.38 Å². The van der Waals surface area contributed by atoms with Crippen LogP contribution in [-0.4, -0.2) is 54.8 Å². The van der Waals surface area contributed by atoms with Crippen molar-refractivity contribution in [3.8, 4) is 0 Å². The van der Waals surface area contributed by atoms with E-state index in [1.165, 1.54) is 23.1 Å². The van der Waals surface area contributed by atoms with E-state index < -0.39 is 5.82 Å². The topological polar surface area (TPSA) is 103 Å². The second-order valence-corrected chi connectivity index (χ2v) is 8.01. The van der Waals surface area contributed by atoms with Crippen molar-refractivity contribution in [1.82, 2.24) is 15.5 Å². The van der Waals surface area contributed by atoms with Gasteiger partial charge in [-0.05, 0) is 43.4 Å². The van der Waals surface area contributed by atoms with E-state index in [4.69, 9.17) is 0 Å². The van der Waals surface area contributed by atoms with Crippen molar-refractivity contribution in [2.24, 2.45) is 28.7 Å². The molecule has 4 atom stereocenters. The van der Waals surface area contributed by atoms with E-state index in [1.54, 1.807) is 6.07 Å². The monoisotopic (exact) mass is 555 g/mol. The molecule has 0 radical (unpaired) electrons. The van der Waals surface area contributed by atoms with E-state index in [9.17, 15) is 18.8 Å². The van der Waals surface area contributed by atoms with Crippen LogP contribution in [0.1, 0.15) is 13.3 Å². The molecule has 3 aliphatic rings. The number of hydrogen-bond donors (Lipinski definition) is 3. The lowest BCUT2D eigenvalue weighted by atomic mass is 9.85. The number of carbonyl (C=O) groups excluding carboxylic acids is 3. The van der Waals surface area contributed by atoms with Gasteiger partial charge in [0.15, 0.2) is 5.96 Å². The van der Waals surface area contributed by atoms with Crippen LogP contribution in [0.4, 0.5) is 10.1 Å². The van der Waals surface area contributed by atoms with Crippen molar-refractivity contribution < 1.29 is 18.8 Å². The number of nitrogens with zero attached hydrogens (tertiary/aromatic N) is 2. The zero-order valence-corrected chi connectivity index (χ0v) is 20.0. The maximum atomic E-state index is 13.2. The Hall–Kier alpha value is -2.50.